The van der Waals surface area contributed by atoms with Crippen molar-refractivity contribution in [3.63, 3.8) is 0 Å². The van der Waals surface area contributed by atoms with Crippen molar-refractivity contribution in [2.24, 2.45) is 16.7 Å². The molecule has 2 saturated carbocycles. The van der Waals surface area contributed by atoms with Gasteiger partial charge in [-0.15, -0.1) is 0 Å². The first-order valence-corrected chi connectivity index (χ1v) is 19.3. The predicted octanol–water partition coefficient (Wildman–Crippen LogP) is 1.64. The topological polar surface area (TPSA) is 162 Å². The van der Waals surface area contributed by atoms with Crippen molar-refractivity contribution in [2.45, 2.75) is 65.0 Å². The maximum absolute atomic E-state index is 14.1. The van der Waals surface area contributed by atoms with Gasteiger partial charge in [0, 0.05) is 61.5 Å². The van der Waals surface area contributed by atoms with Crippen molar-refractivity contribution in [3.8, 4) is 0 Å². The number of para-hydroxylation sites is 1. The standard InChI is InChI=1S/C31H46N6O6S2/c1-22-7-5-6-8-26(22)36-12-14-37(15-13-36)45(42,43)20-31-11-9-23(30(31,2)3)17-27(31)35-29(39)25(10-16-44(4,40)41)34-28(38)18-24-19-32-21-33-24/h5-8,19,21,23,25,27H,9-18,20H2,1-4H3,(H,32,33)(H,34,38)(H,35,39)/t23-,25-,27?,31-/m0/s1. The van der Waals surface area contributed by atoms with E-state index < -0.39 is 49.2 Å². The van der Waals surface area contributed by atoms with Gasteiger partial charge < -0.3 is 20.5 Å². The van der Waals surface area contributed by atoms with Gasteiger partial charge in [0.1, 0.15) is 15.9 Å². The third-order valence-electron chi connectivity index (χ3n) is 10.6. The number of aryl methyl sites for hydroxylation is 1. The molecule has 5 rings (SSSR count). The highest BCUT2D eigenvalue weighted by molar-refractivity contribution is 7.90. The largest absolute Gasteiger partial charge is 0.369 e. The predicted molar refractivity (Wildman–Crippen MR) is 173 cm³/mol. The molecule has 0 spiro atoms. The fourth-order valence-corrected chi connectivity index (χ4v) is 10.8. The number of rotatable bonds is 12. The zero-order valence-electron chi connectivity index (χ0n) is 26.6. The summed E-state index contributed by atoms with van der Waals surface area (Å²) in [5.74, 6) is -1.04. The number of fused-ring (bicyclic) bond motifs is 2. The molecular weight excluding hydrogens is 617 g/mol. The molecule has 1 aromatic carbocycles. The summed E-state index contributed by atoms with van der Waals surface area (Å²) in [5.41, 5.74) is 1.80. The number of hydrogen-bond acceptors (Lipinski definition) is 8. The minimum Gasteiger partial charge on any atom is -0.369 e. The van der Waals surface area contributed by atoms with E-state index in [2.05, 4.69) is 58.4 Å². The Morgan fingerprint density at radius 2 is 1.82 bits per heavy atom. The molecule has 1 aromatic heterocycles. The van der Waals surface area contributed by atoms with Gasteiger partial charge in [0.2, 0.25) is 21.8 Å². The average Bonchev–Trinajstić information content (AvgIpc) is 3.61. The fourth-order valence-electron chi connectivity index (χ4n) is 7.84. The van der Waals surface area contributed by atoms with Gasteiger partial charge in [-0.3, -0.25) is 9.59 Å². The van der Waals surface area contributed by atoms with Crippen molar-refractivity contribution in [2.75, 3.05) is 48.8 Å². The second-order valence-corrected chi connectivity index (χ2v) is 17.9. The number of aromatic amines is 1. The van der Waals surface area contributed by atoms with Crippen LogP contribution in [0.15, 0.2) is 36.8 Å². The normalized spacial score (nSPS) is 25.6. The summed E-state index contributed by atoms with van der Waals surface area (Å²) in [7, 11) is -7.07. The van der Waals surface area contributed by atoms with E-state index in [0.29, 0.717) is 44.7 Å². The minimum atomic E-state index is -3.67. The number of amides is 2. The van der Waals surface area contributed by atoms with Crippen molar-refractivity contribution in [3.05, 3.63) is 48.0 Å². The summed E-state index contributed by atoms with van der Waals surface area (Å²) in [6.07, 6.45) is 6.10. The quantitative estimate of drug-likeness (QED) is 0.309. The van der Waals surface area contributed by atoms with Gasteiger partial charge in [-0.2, -0.15) is 4.31 Å². The third-order valence-corrected chi connectivity index (χ3v) is 13.6. The molecule has 3 aliphatic rings. The Hall–Kier alpha value is -2.97. The van der Waals surface area contributed by atoms with Crippen molar-refractivity contribution in [1.82, 2.24) is 24.9 Å². The Bertz CT molecular complexity index is 1600. The molecule has 12 nitrogen and oxygen atoms in total. The van der Waals surface area contributed by atoms with Gasteiger partial charge in [-0.25, -0.2) is 21.8 Å². The average molecular weight is 663 g/mol. The van der Waals surface area contributed by atoms with Gasteiger partial charge >= 0.3 is 0 Å². The van der Waals surface area contributed by atoms with E-state index in [1.165, 1.54) is 12.5 Å². The SMILES string of the molecule is Cc1ccccc1N1CCN(S(=O)(=O)C[C@@]23CC[C@@H](CC2NC(=O)[C@H](CCS(C)(=O)=O)NC(=O)Cc2cnc[nH]2)C3(C)C)CC1. The van der Waals surface area contributed by atoms with E-state index in [1.54, 1.807) is 4.31 Å². The number of benzene rings is 1. The second-order valence-electron chi connectivity index (χ2n) is 13.6. The molecule has 1 unspecified atom stereocenters. The van der Waals surface area contributed by atoms with Gasteiger partial charge in [0.15, 0.2) is 0 Å². The number of carbonyl (C=O) groups is 2. The van der Waals surface area contributed by atoms with Crippen LogP contribution in [0.1, 0.15) is 50.8 Å². The molecule has 3 fully saturated rings. The second kappa shape index (κ2) is 12.7. The summed E-state index contributed by atoms with van der Waals surface area (Å²) < 4.78 is 53.7. The van der Waals surface area contributed by atoms with Crippen LogP contribution in [0.5, 0.6) is 0 Å². The molecule has 45 heavy (non-hydrogen) atoms. The van der Waals surface area contributed by atoms with Crippen LogP contribution in [-0.2, 0) is 35.9 Å². The maximum atomic E-state index is 14.1. The van der Waals surface area contributed by atoms with Crippen LogP contribution in [0, 0.1) is 23.7 Å². The van der Waals surface area contributed by atoms with Crippen LogP contribution >= 0.6 is 0 Å². The van der Waals surface area contributed by atoms with E-state index in [0.717, 1.165) is 23.9 Å². The zero-order chi connectivity index (χ0) is 32.6. The molecule has 2 aliphatic carbocycles. The van der Waals surface area contributed by atoms with Gasteiger partial charge in [0.05, 0.1) is 24.3 Å². The van der Waals surface area contributed by atoms with Crippen LogP contribution in [-0.4, -0.2) is 98.9 Å². The van der Waals surface area contributed by atoms with Crippen molar-refractivity contribution in [1.29, 1.82) is 0 Å². The highest BCUT2D eigenvalue weighted by atomic mass is 32.2. The first kappa shape index (κ1) is 33.4. The van der Waals surface area contributed by atoms with Crippen LogP contribution < -0.4 is 15.5 Å². The van der Waals surface area contributed by atoms with E-state index in [4.69, 9.17) is 0 Å². The lowest BCUT2D eigenvalue weighted by Gasteiger charge is -2.44. The van der Waals surface area contributed by atoms with Crippen molar-refractivity contribution >= 4 is 37.4 Å². The van der Waals surface area contributed by atoms with Gasteiger partial charge in [-0.1, -0.05) is 32.0 Å². The molecule has 2 heterocycles. The molecule has 248 valence electrons. The summed E-state index contributed by atoms with van der Waals surface area (Å²) in [6.45, 7) is 8.26. The maximum Gasteiger partial charge on any atom is 0.242 e. The first-order valence-electron chi connectivity index (χ1n) is 15.6. The highest BCUT2D eigenvalue weighted by Gasteiger charge is 2.66. The fraction of sp³-hybridized carbons (Fsp3) is 0.645. The minimum absolute atomic E-state index is 0.0412. The van der Waals surface area contributed by atoms with Crippen LogP contribution in [0.3, 0.4) is 0 Å². The molecule has 0 radical (unpaired) electrons. The van der Waals surface area contributed by atoms with Crippen LogP contribution in [0.25, 0.3) is 0 Å². The lowest BCUT2D eigenvalue weighted by Crippen LogP contribution is -2.58. The summed E-state index contributed by atoms with van der Waals surface area (Å²) >= 11 is 0. The molecule has 14 heteroatoms. The number of nitrogens with one attached hydrogen (secondary N) is 3. The zero-order valence-corrected chi connectivity index (χ0v) is 28.2. The summed E-state index contributed by atoms with van der Waals surface area (Å²) in [5, 5.41) is 5.81. The van der Waals surface area contributed by atoms with Gasteiger partial charge in [0.25, 0.3) is 0 Å². The number of piperazine rings is 1. The Balaban J connectivity index is 1.30. The Morgan fingerprint density at radius 1 is 1.11 bits per heavy atom. The summed E-state index contributed by atoms with van der Waals surface area (Å²) in [6, 6.07) is 6.60. The molecule has 1 saturated heterocycles. The number of aromatic nitrogens is 2. The van der Waals surface area contributed by atoms with E-state index >= 15 is 0 Å². The number of H-pyrrole nitrogens is 1. The Morgan fingerprint density at radius 3 is 2.44 bits per heavy atom. The summed E-state index contributed by atoms with van der Waals surface area (Å²) in [4.78, 5) is 35.5. The number of nitrogens with zero attached hydrogens (tertiary/aromatic N) is 3. The number of hydrogen-bond donors (Lipinski definition) is 3. The highest BCUT2D eigenvalue weighted by Crippen LogP contribution is 2.66. The number of carbonyl (C=O) groups excluding carboxylic acids is 2. The smallest absolute Gasteiger partial charge is 0.242 e. The van der Waals surface area contributed by atoms with Crippen LogP contribution in [0.2, 0.25) is 0 Å². The monoisotopic (exact) mass is 662 g/mol. The van der Waals surface area contributed by atoms with E-state index in [9.17, 15) is 26.4 Å². The molecule has 4 atom stereocenters. The molecular formula is C31H46N6O6S2. The third kappa shape index (κ3) is 7.07. The molecule has 2 aromatic rings. The first-order chi connectivity index (χ1) is 21.1. The molecule has 2 amide bonds. The van der Waals surface area contributed by atoms with Crippen molar-refractivity contribution < 1.29 is 26.4 Å². The lowest BCUT2D eigenvalue weighted by molar-refractivity contribution is -0.129. The Kier molecular flexibility index (Phi) is 9.40. The lowest BCUT2D eigenvalue weighted by atomic mass is 9.69. The Labute approximate surface area is 266 Å². The molecule has 2 bridgehead atoms. The number of anilines is 1. The van der Waals surface area contributed by atoms with E-state index in [-0.39, 0.29) is 35.7 Å². The molecule has 1 aliphatic heterocycles. The van der Waals surface area contributed by atoms with Crippen LogP contribution in [0.4, 0.5) is 5.69 Å². The molecule has 3 N–H and O–H groups in total. The number of sulfonamides is 1. The van der Waals surface area contributed by atoms with E-state index in [1.807, 2.05) is 12.1 Å². The van der Waals surface area contributed by atoms with Gasteiger partial charge in [-0.05, 0) is 55.6 Å². The number of sulfone groups is 1. The number of imidazole rings is 1.